The lowest BCUT2D eigenvalue weighted by Gasteiger charge is -2.02. The van der Waals surface area contributed by atoms with Crippen LogP contribution in [0, 0.1) is 6.92 Å². The van der Waals surface area contributed by atoms with Gasteiger partial charge in [-0.1, -0.05) is 0 Å². The van der Waals surface area contributed by atoms with Crippen LogP contribution < -0.4 is 5.32 Å². The second kappa shape index (κ2) is 6.42. The number of aromatic nitrogens is 4. The molecule has 2 aromatic heterocycles. The Labute approximate surface area is 112 Å². The van der Waals surface area contributed by atoms with Crippen LogP contribution in [0.3, 0.4) is 0 Å². The Morgan fingerprint density at radius 3 is 2.72 bits per heavy atom. The van der Waals surface area contributed by atoms with Crippen LogP contribution in [-0.2, 0) is 20.1 Å². The normalized spacial score (nSPS) is 10.2. The topological polar surface area (TPSA) is 67.9 Å². The van der Waals surface area contributed by atoms with Crippen molar-refractivity contribution in [2.24, 2.45) is 7.05 Å². The molecule has 0 aliphatic carbocycles. The minimum Gasteiger partial charge on any atom is -0.394 e. The van der Waals surface area contributed by atoms with Gasteiger partial charge in [-0.15, -0.1) is 12.4 Å². The van der Waals surface area contributed by atoms with Crippen LogP contribution >= 0.6 is 12.4 Å². The van der Waals surface area contributed by atoms with Crippen LogP contribution in [0.15, 0.2) is 18.6 Å². The van der Waals surface area contributed by atoms with Crippen LogP contribution in [0.1, 0.15) is 11.3 Å². The number of hydrogen-bond donors (Lipinski definition) is 2. The first-order valence-electron chi connectivity index (χ1n) is 5.55. The molecule has 100 valence electrons. The first kappa shape index (κ1) is 14.5. The third kappa shape index (κ3) is 3.24. The van der Waals surface area contributed by atoms with E-state index >= 15 is 0 Å². The van der Waals surface area contributed by atoms with Crippen LogP contribution in [0.5, 0.6) is 0 Å². The van der Waals surface area contributed by atoms with Gasteiger partial charge in [-0.3, -0.25) is 9.36 Å². The minimum absolute atomic E-state index is 0. The highest BCUT2D eigenvalue weighted by Gasteiger charge is 2.04. The molecular weight excluding hydrogens is 254 g/mol. The van der Waals surface area contributed by atoms with Gasteiger partial charge in [-0.2, -0.15) is 10.2 Å². The third-order valence-electron chi connectivity index (χ3n) is 2.78. The lowest BCUT2D eigenvalue weighted by atomic mass is 10.2. The number of nitrogens with one attached hydrogen (secondary N) is 1. The Kier molecular flexibility index (Phi) is 5.18. The summed E-state index contributed by atoms with van der Waals surface area (Å²) in [7, 11) is 1.93. The summed E-state index contributed by atoms with van der Waals surface area (Å²) in [5.74, 6) is 0. The maximum Gasteiger partial charge on any atom is 0.0729 e. The number of aryl methyl sites for hydroxylation is 1. The van der Waals surface area contributed by atoms with Gasteiger partial charge < -0.3 is 10.4 Å². The SMILES string of the molecule is Cc1c(CNc2cnn(CCO)c2)cnn1C.Cl. The van der Waals surface area contributed by atoms with Gasteiger partial charge in [0.05, 0.1) is 31.2 Å². The monoisotopic (exact) mass is 271 g/mol. The molecular formula is C11H18ClN5O. The Balaban J connectivity index is 0.00000162. The minimum atomic E-state index is 0. The summed E-state index contributed by atoms with van der Waals surface area (Å²) in [4.78, 5) is 0. The van der Waals surface area contributed by atoms with Crippen molar-refractivity contribution in [3.05, 3.63) is 29.8 Å². The molecule has 0 aromatic carbocycles. The van der Waals surface area contributed by atoms with Crippen LogP contribution in [0.25, 0.3) is 0 Å². The maximum atomic E-state index is 8.78. The molecule has 0 radical (unpaired) electrons. The Morgan fingerprint density at radius 2 is 2.11 bits per heavy atom. The number of nitrogens with zero attached hydrogens (tertiary/aromatic N) is 4. The van der Waals surface area contributed by atoms with Crippen LogP contribution in [-0.4, -0.2) is 31.3 Å². The van der Waals surface area contributed by atoms with Crippen molar-refractivity contribution >= 4 is 18.1 Å². The zero-order chi connectivity index (χ0) is 12.3. The van der Waals surface area contributed by atoms with Gasteiger partial charge in [0.15, 0.2) is 0 Å². The van der Waals surface area contributed by atoms with Crippen molar-refractivity contribution in [2.75, 3.05) is 11.9 Å². The number of anilines is 1. The number of halogens is 1. The molecule has 0 spiro atoms. The maximum absolute atomic E-state index is 8.78. The average Bonchev–Trinajstić information content (AvgIpc) is 2.87. The summed E-state index contributed by atoms with van der Waals surface area (Å²) in [5, 5.41) is 20.4. The molecule has 2 rings (SSSR count). The first-order valence-corrected chi connectivity index (χ1v) is 5.55. The molecule has 2 N–H and O–H groups in total. The van der Waals surface area contributed by atoms with Gasteiger partial charge in [0.1, 0.15) is 0 Å². The van der Waals surface area contributed by atoms with E-state index < -0.39 is 0 Å². The summed E-state index contributed by atoms with van der Waals surface area (Å²) in [5.41, 5.74) is 3.27. The lowest BCUT2D eigenvalue weighted by molar-refractivity contribution is 0.269. The fourth-order valence-corrected chi connectivity index (χ4v) is 1.59. The summed E-state index contributed by atoms with van der Waals surface area (Å²) >= 11 is 0. The Morgan fingerprint density at radius 1 is 1.33 bits per heavy atom. The average molecular weight is 272 g/mol. The molecule has 0 saturated heterocycles. The summed E-state index contributed by atoms with van der Waals surface area (Å²) in [6.45, 7) is 3.39. The Hall–Kier alpha value is -1.53. The number of aliphatic hydroxyl groups excluding tert-OH is 1. The fourth-order valence-electron chi connectivity index (χ4n) is 1.59. The molecule has 18 heavy (non-hydrogen) atoms. The second-order valence-electron chi connectivity index (χ2n) is 3.95. The predicted octanol–water partition coefficient (Wildman–Crippen LogP) is 0.951. The molecule has 2 aromatic rings. The predicted molar refractivity (Wildman–Crippen MR) is 71.8 cm³/mol. The zero-order valence-corrected chi connectivity index (χ0v) is 11.3. The van der Waals surface area contributed by atoms with Crippen molar-refractivity contribution < 1.29 is 5.11 Å². The van der Waals surface area contributed by atoms with Gasteiger partial charge >= 0.3 is 0 Å². The molecule has 0 bridgehead atoms. The van der Waals surface area contributed by atoms with E-state index in [1.165, 1.54) is 5.56 Å². The summed E-state index contributed by atoms with van der Waals surface area (Å²) in [6.07, 6.45) is 5.49. The molecule has 0 unspecified atom stereocenters. The summed E-state index contributed by atoms with van der Waals surface area (Å²) < 4.78 is 3.56. The lowest BCUT2D eigenvalue weighted by Crippen LogP contribution is -2.02. The van der Waals surface area contributed by atoms with Crippen LogP contribution in [0.2, 0.25) is 0 Å². The quantitative estimate of drug-likeness (QED) is 0.850. The van der Waals surface area contributed by atoms with E-state index in [-0.39, 0.29) is 19.0 Å². The smallest absolute Gasteiger partial charge is 0.0729 e. The van der Waals surface area contributed by atoms with Gasteiger partial charge in [0.25, 0.3) is 0 Å². The van der Waals surface area contributed by atoms with Crippen molar-refractivity contribution in [1.29, 1.82) is 0 Å². The van der Waals surface area contributed by atoms with Crippen molar-refractivity contribution in [3.63, 3.8) is 0 Å². The zero-order valence-electron chi connectivity index (χ0n) is 10.5. The first-order chi connectivity index (χ1) is 8.20. The molecule has 0 amide bonds. The molecule has 6 nitrogen and oxygen atoms in total. The number of aliphatic hydroxyl groups is 1. The van der Waals surface area contributed by atoms with Gasteiger partial charge in [0, 0.05) is 31.0 Å². The molecule has 0 atom stereocenters. The highest BCUT2D eigenvalue weighted by molar-refractivity contribution is 5.85. The van der Waals surface area contributed by atoms with Gasteiger partial charge in [-0.05, 0) is 6.92 Å². The van der Waals surface area contributed by atoms with E-state index in [4.69, 9.17) is 5.11 Å². The highest BCUT2D eigenvalue weighted by atomic mass is 35.5. The van der Waals surface area contributed by atoms with Crippen LogP contribution in [0.4, 0.5) is 5.69 Å². The van der Waals surface area contributed by atoms with E-state index in [1.54, 1.807) is 10.9 Å². The number of rotatable bonds is 5. The van der Waals surface area contributed by atoms with Gasteiger partial charge in [-0.25, -0.2) is 0 Å². The van der Waals surface area contributed by atoms with E-state index in [0.717, 1.165) is 17.9 Å². The van der Waals surface area contributed by atoms with E-state index in [0.29, 0.717) is 6.54 Å². The molecule has 0 aliphatic rings. The third-order valence-corrected chi connectivity index (χ3v) is 2.78. The highest BCUT2D eigenvalue weighted by Crippen LogP contribution is 2.10. The molecule has 7 heteroatoms. The largest absolute Gasteiger partial charge is 0.394 e. The van der Waals surface area contributed by atoms with E-state index in [9.17, 15) is 0 Å². The Bertz CT molecular complexity index is 493. The molecule has 2 heterocycles. The van der Waals surface area contributed by atoms with Crippen molar-refractivity contribution in [1.82, 2.24) is 19.6 Å². The van der Waals surface area contributed by atoms with Crippen molar-refractivity contribution in [3.8, 4) is 0 Å². The number of hydrogen-bond acceptors (Lipinski definition) is 4. The molecule has 0 fully saturated rings. The molecule has 0 saturated carbocycles. The van der Waals surface area contributed by atoms with E-state index in [2.05, 4.69) is 15.5 Å². The van der Waals surface area contributed by atoms with Gasteiger partial charge in [0.2, 0.25) is 0 Å². The fraction of sp³-hybridized carbons (Fsp3) is 0.455. The standard InChI is InChI=1S/C11H17N5O.ClH/c1-9-10(6-13-15(9)2)5-12-11-7-14-16(8-11)3-4-17;/h6-8,12,17H,3-5H2,1-2H3;1H. The van der Waals surface area contributed by atoms with E-state index in [1.807, 2.05) is 31.0 Å². The summed E-state index contributed by atoms with van der Waals surface area (Å²) in [6, 6.07) is 0. The molecule has 0 aliphatic heterocycles. The second-order valence-corrected chi connectivity index (χ2v) is 3.95. The van der Waals surface area contributed by atoms with Crippen molar-refractivity contribution in [2.45, 2.75) is 20.0 Å².